The average molecular weight is 465 g/mol. The zero-order valence-electron chi connectivity index (χ0n) is 20.6. The molecule has 6 atom stereocenters. The minimum absolute atomic E-state index is 0.00267. The van der Waals surface area contributed by atoms with Gasteiger partial charge in [-0.05, 0) is 65.7 Å². The van der Waals surface area contributed by atoms with Crippen molar-refractivity contribution in [2.75, 3.05) is 13.7 Å². The molecule has 33 heavy (non-hydrogen) atoms. The molecule has 4 rings (SSSR count). The van der Waals surface area contributed by atoms with E-state index in [1.807, 2.05) is 0 Å². The van der Waals surface area contributed by atoms with Crippen molar-refractivity contribution in [2.45, 2.75) is 114 Å². The molecule has 0 aromatic carbocycles. The van der Waals surface area contributed by atoms with Crippen LogP contribution in [0.4, 0.5) is 4.79 Å². The maximum Gasteiger partial charge on any atom is 0.407 e. The van der Waals surface area contributed by atoms with Crippen LogP contribution in [0.15, 0.2) is 11.6 Å². The van der Waals surface area contributed by atoms with Gasteiger partial charge in [-0.1, -0.05) is 11.6 Å². The first-order valence-electron chi connectivity index (χ1n) is 12.4. The number of epoxide rings is 2. The molecule has 3 unspecified atom stereocenters. The van der Waals surface area contributed by atoms with Crippen LogP contribution < -0.4 is 10.6 Å². The van der Waals surface area contributed by atoms with E-state index in [0.717, 1.165) is 38.5 Å². The van der Waals surface area contributed by atoms with Crippen molar-refractivity contribution in [3.05, 3.63) is 11.6 Å². The molecule has 2 saturated carbocycles. The predicted octanol–water partition coefficient (Wildman–Crippen LogP) is 3.24. The number of amides is 2. The van der Waals surface area contributed by atoms with Crippen LogP contribution in [0.2, 0.25) is 0 Å². The van der Waals surface area contributed by atoms with Gasteiger partial charge >= 0.3 is 6.09 Å². The minimum atomic E-state index is -0.389. The van der Waals surface area contributed by atoms with E-state index < -0.39 is 0 Å². The van der Waals surface area contributed by atoms with Gasteiger partial charge in [0.2, 0.25) is 5.91 Å². The number of allylic oxidation sites excluding steroid dienone is 1. The van der Waals surface area contributed by atoms with Crippen molar-refractivity contribution in [3.8, 4) is 0 Å². The summed E-state index contributed by atoms with van der Waals surface area (Å²) < 4.78 is 24.1. The highest BCUT2D eigenvalue weighted by atomic mass is 16.6. The Bertz CT molecular complexity index is 769. The first-order chi connectivity index (χ1) is 15.7. The maximum absolute atomic E-state index is 12.8. The molecule has 2 heterocycles. The second-order valence-electron chi connectivity index (χ2n) is 10.7. The lowest BCUT2D eigenvalue weighted by Crippen LogP contribution is -2.56. The number of ether oxygens (including phenoxy) is 4. The Morgan fingerprint density at radius 3 is 2.24 bits per heavy atom. The molecule has 4 fully saturated rings. The summed E-state index contributed by atoms with van der Waals surface area (Å²) in [6.07, 6.45) is 7.14. The van der Waals surface area contributed by atoms with Gasteiger partial charge in [0.1, 0.15) is 23.4 Å². The van der Waals surface area contributed by atoms with Crippen molar-refractivity contribution in [1.29, 1.82) is 0 Å². The molecule has 0 bridgehead atoms. The molecular formula is C25H40N2O6. The minimum Gasteiger partial charge on any atom is -0.443 e. The van der Waals surface area contributed by atoms with Gasteiger partial charge in [-0.15, -0.1) is 0 Å². The molecule has 2 aliphatic heterocycles. The summed E-state index contributed by atoms with van der Waals surface area (Å²) in [5.74, 6) is 0.0160. The average Bonchev–Trinajstić information content (AvgIpc) is 3.66. The summed E-state index contributed by atoms with van der Waals surface area (Å²) in [4.78, 5) is 24.0. The number of nitrogens with one attached hydrogen (secondary N) is 2. The highest BCUT2D eigenvalue weighted by Crippen LogP contribution is 2.59. The van der Waals surface area contributed by atoms with Gasteiger partial charge in [-0.25, -0.2) is 4.79 Å². The van der Waals surface area contributed by atoms with Crippen molar-refractivity contribution < 1.29 is 28.5 Å². The van der Waals surface area contributed by atoms with Crippen molar-refractivity contribution >= 4 is 12.0 Å². The number of alkyl carbamates (subject to hydrolysis) is 1. The van der Waals surface area contributed by atoms with E-state index in [-0.39, 0.29) is 59.5 Å². The number of carbonyl (C=O) groups is 2. The van der Waals surface area contributed by atoms with Crippen LogP contribution in [0.5, 0.6) is 0 Å². The number of carbonyl (C=O) groups excluding carboxylic acids is 2. The van der Waals surface area contributed by atoms with Gasteiger partial charge in [-0.2, -0.15) is 0 Å². The Balaban J connectivity index is 1.34. The van der Waals surface area contributed by atoms with E-state index in [1.54, 1.807) is 14.0 Å². The fourth-order valence-electron chi connectivity index (χ4n) is 6.08. The van der Waals surface area contributed by atoms with Crippen molar-refractivity contribution in [2.24, 2.45) is 5.92 Å². The third-order valence-electron chi connectivity index (χ3n) is 7.95. The largest absolute Gasteiger partial charge is 0.443 e. The number of rotatable bonds is 7. The van der Waals surface area contributed by atoms with Crippen LogP contribution in [-0.4, -0.2) is 67.3 Å². The highest BCUT2D eigenvalue weighted by molar-refractivity contribution is 5.73. The number of hydrogen-bond acceptors (Lipinski definition) is 6. The van der Waals surface area contributed by atoms with Crippen LogP contribution in [0.1, 0.15) is 72.6 Å². The molecule has 2 N–H and O–H groups in total. The molecule has 8 heteroatoms. The third kappa shape index (κ3) is 5.38. The smallest absolute Gasteiger partial charge is 0.407 e. The van der Waals surface area contributed by atoms with E-state index in [0.29, 0.717) is 13.0 Å². The summed E-state index contributed by atoms with van der Waals surface area (Å²) >= 11 is 0. The van der Waals surface area contributed by atoms with Crippen LogP contribution in [0, 0.1) is 5.92 Å². The number of hydrogen-bond donors (Lipinski definition) is 2. The van der Waals surface area contributed by atoms with Crippen LogP contribution in [0.3, 0.4) is 0 Å². The van der Waals surface area contributed by atoms with E-state index in [4.69, 9.17) is 18.9 Å². The molecule has 2 aliphatic carbocycles. The summed E-state index contributed by atoms with van der Waals surface area (Å²) in [6, 6.07) is 0.264. The van der Waals surface area contributed by atoms with Gasteiger partial charge < -0.3 is 29.6 Å². The molecule has 2 amide bonds. The van der Waals surface area contributed by atoms with Gasteiger partial charge in [0.05, 0.1) is 18.6 Å². The predicted molar refractivity (Wildman–Crippen MR) is 123 cm³/mol. The van der Waals surface area contributed by atoms with Crippen LogP contribution in [0.25, 0.3) is 0 Å². The Kier molecular flexibility index (Phi) is 7.08. The Labute approximate surface area is 197 Å². The Morgan fingerprint density at radius 2 is 1.70 bits per heavy atom. The first kappa shape index (κ1) is 24.5. The van der Waals surface area contributed by atoms with E-state index in [9.17, 15) is 9.59 Å². The third-order valence-corrected chi connectivity index (χ3v) is 7.95. The lowest BCUT2D eigenvalue weighted by Gasteiger charge is -2.42. The Morgan fingerprint density at radius 1 is 1.06 bits per heavy atom. The molecule has 0 aromatic heterocycles. The second-order valence-corrected chi connectivity index (χ2v) is 10.7. The molecular weight excluding hydrogens is 424 g/mol. The van der Waals surface area contributed by atoms with E-state index >= 15 is 0 Å². The molecule has 0 aromatic rings. The quantitative estimate of drug-likeness (QED) is 0.443. The zero-order chi connectivity index (χ0) is 23.8. The lowest BCUT2D eigenvalue weighted by molar-refractivity contribution is -0.120. The summed E-state index contributed by atoms with van der Waals surface area (Å²) in [5.41, 5.74) is 0.707. The van der Waals surface area contributed by atoms with Crippen molar-refractivity contribution in [3.63, 3.8) is 0 Å². The monoisotopic (exact) mass is 464 g/mol. The topological polar surface area (TPSA) is 102 Å². The van der Waals surface area contributed by atoms with Crippen LogP contribution >= 0.6 is 0 Å². The van der Waals surface area contributed by atoms with Gasteiger partial charge in [0.15, 0.2) is 0 Å². The van der Waals surface area contributed by atoms with Gasteiger partial charge in [-0.3, -0.25) is 4.79 Å². The van der Waals surface area contributed by atoms with Gasteiger partial charge in [0, 0.05) is 26.1 Å². The second kappa shape index (κ2) is 9.55. The van der Waals surface area contributed by atoms with Crippen LogP contribution in [-0.2, 0) is 23.7 Å². The SMILES string of the molecule is COC1C(OC(=O)N[C@H]2CC[C@H](NC(C)=O)CC2)CC[C@]2(CO2)C1[C@@]1(C)O[C@@H]1CC=C(C)C. The normalized spacial score (nSPS) is 41.7. The lowest BCUT2D eigenvalue weighted by atomic mass is 9.68. The standard InChI is InChI=1S/C25H40N2O6/c1-15(2)6-11-20-24(4,33-20)22-21(30-5)19(12-13-25(22)14-31-25)32-23(29)27-18-9-7-17(8-10-18)26-16(3)28/h6,17-22H,7-14H2,1-5H3,(H,26,28)(H,27,29)/t17-,18-,19?,20-,21?,22?,24+,25+/m1/s1. The summed E-state index contributed by atoms with van der Waals surface area (Å²) in [5, 5.41) is 6.00. The Hall–Kier alpha value is -1.64. The number of methoxy groups -OCH3 is 1. The molecule has 4 aliphatic rings. The molecule has 2 saturated heterocycles. The zero-order valence-corrected chi connectivity index (χ0v) is 20.6. The first-order valence-corrected chi connectivity index (χ1v) is 12.4. The molecule has 0 radical (unpaired) electrons. The summed E-state index contributed by atoms with van der Waals surface area (Å²) in [7, 11) is 1.69. The maximum atomic E-state index is 12.8. The fourth-order valence-corrected chi connectivity index (χ4v) is 6.08. The van der Waals surface area contributed by atoms with E-state index in [1.165, 1.54) is 5.57 Å². The molecule has 1 spiro atoms. The fraction of sp³-hybridized carbons (Fsp3) is 0.840. The summed E-state index contributed by atoms with van der Waals surface area (Å²) in [6.45, 7) is 8.59. The van der Waals surface area contributed by atoms with Gasteiger partial charge in [0.25, 0.3) is 0 Å². The van der Waals surface area contributed by atoms with E-state index in [2.05, 4.69) is 37.5 Å². The highest BCUT2D eigenvalue weighted by Gasteiger charge is 2.72. The molecule has 186 valence electrons. The van der Waals surface area contributed by atoms with Crippen molar-refractivity contribution in [1.82, 2.24) is 10.6 Å². The molecule has 8 nitrogen and oxygen atoms in total.